The molecule has 1 atom stereocenters. The van der Waals surface area contributed by atoms with Crippen LogP contribution in [0.1, 0.15) is 10.4 Å². The van der Waals surface area contributed by atoms with Crippen LogP contribution < -0.4 is 5.73 Å². The molecule has 1 aliphatic rings. The fraction of sp³-hybridized carbons (Fsp3) is 0.333. The minimum absolute atomic E-state index is 0.00676. The third kappa shape index (κ3) is 3.29. The Balaban J connectivity index is 2.25. The van der Waals surface area contributed by atoms with Crippen LogP contribution in [0, 0.1) is 10.1 Å². The highest BCUT2D eigenvalue weighted by molar-refractivity contribution is 6.33. The zero-order valence-corrected chi connectivity index (χ0v) is 11.6. The Morgan fingerprint density at radius 2 is 2.19 bits per heavy atom. The number of nitro benzene ring substituents is 1. The molecule has 0 aliphatic carbocycles. The Morgan fingerprint density at radius 1 is 1.48 bits per heavy atom. The summed E-state index contributed by atoms with van der Waals surface area (Å²) in [6.45, 7) is 0.403. The van der Waals surface area contributed by atoms with E-state index in [-0.39, 0.29) is 36.0 Å². The van der Waals surface area contributed by atoms with Gasteiger partial charge in [-0.25, -0.2) is 0 Å². The lowest BCUT2D eigenvalue weighted by Crippen LogP contribution is -2.50. The second-order valence-corrected chi connectivity index (χ2v) is 4.84. The van der Waals surface area contributed by atoms with Crippen molar-refractivity contribution < 1.29 is 19.2 Å². The number of nitrogens with zero attached hydrogens (tertiary/aromatic N) is 2. The van der Waals surface area contributed by atoms with Crippen molar-refractivity contribution in [1.82, 2.24) is 4.90 Å². The van der Waals surface area contributed by atoms with Gasteiger partial charge in [0.1, 0.15) is 0 Å². The van der Waals surface area contributed by atoms with Crippen LogP contribution in [0.4, 0.5) is 5.69 Å². The summed E-state index contributed by atoms with van der Waals surface area (Å²) in [5.41, 5.74) is 4.92. The SMILES string of the molecule is NC(=O)[C@@H]1CN(C(=O)c2cc([N+](=O)[O-])ccc2Cl)CCO1. The van der Waals surface area contributed by atoms with Crippen molar-refractivity contribution in [3.8, 4) is 0 Å². The van der Waals surface area contributed by atoms with E-state index in [1.165, 1.54) is 17.0 Å². The maximum Gasteiger partial charge on any atom is 0.270 e. The summed E-state index contributed by atoms with van der Waals surface area (Å²) in [6, 6.07) is 3.61. The zero-order chi connectivity index (χ0) is 15.6. The highest BCUT2D eigenvalue weighted by Crippen LogP contribution is 2.24. The molecule has 0 radical (unpaired) electrons. The number of hydrogen-bond acceptors (Lipinski definition) is 5. The molecule has 0 spiro atoms. The summed E-state index contributed by atoms with van der Waals surface area (Å²) in [6.07, 6.45) is -0.889. The molecule has 21 heavy (non-hydrogen) atoms. The van der Waals surface area contributed by atoms with Crippen molar-refractivity contribution >= 4 is 29.1 Å². The number of halogens is 1. The van der Waals surface area contributed by atoms with Gasteiger partial charge in [-0.1, -0.05) is 11.6 Å². The molecule has 2 N–H and O–H groups in total. The summed E-state index contributed by atoms with van der Waals surface area (Å²) >= 11 is 5.92. The van der Waals surface area contributed by atoms with Gasteiger partial charge in [0.2, 0.25) is 5.91 Å². The van der Waals surface area contributed by atoms with Gasteiger partial charge in [0.25, 0.3) is 11.6 Å². The summed E-state index contributed by atoms with van der Waals surface area (Å²) in [7, 11) is 0. The largest absolute Gasteiger partial charge is 0.367 e. The highest BCUT2D eigenvalue weighted by Gasteiger charge is 2.29. The number of hydrogen-bond donors (Lipinski definition) is 1. The summed E-state index contributed by atoms with van der Waals surface area (Å²) in [5.74, 6) is -1.17. The van der Waals surface area contributed by atoms with Crippen molar-refractivity contribution in [3.63, 3.8) is 0 Å². The van der Waals surface area contributed by atoms with E-state index >= 15 is 0 Å². The molecule has 0 saturated carbocycles. The van der Waals surface area contributed by atoms with Gasteiger partial charge in [0.15, 0.2) is 6.10 Å². The number of amides is 2. The number of non-ortho nitro benzene ring substituents is 1. The van der Waals surface area contributed by atoms with Gasteiger partial charge in [-0.05, 0) is 6.07 Å². The van der Waals surface area contributed by atoms with Crippen molar-refractivity contribution in [2.24, 2.45) is 5.73 Å². The van der Waals surface area contributed by atoms with Crippen molar-refractivity contribution in [3.05, 3.63) is 38.9 Å². The Morgan fingerprint density at radius 3 is 2.81 bits per heavy atom. The number of rotatable bonds is 3. The fourth-order valence-corrected chi connectivity index (χ4v) is 2.17. The normalized spacial score (nSPS) is 18.3. The molecule has 1 fully saturated rings. The van der Waals surface area contributed by atoms with E-state index in [0.29, 0.717) is 0 Å². The average Bonchev–Trinajstić information content (AvgIpc) is 2.47. The van der Waals surface area contributed by atoms with Gasteiger partial charge in [0.05, 0.1) is 28.7 Å². The summed E-state index contributed by atoms with van der Waals surface area (Å²) in [4.78, 5) is 35.0. The fourth-order valence-electron chi connectivity index (χ4n) is 1.97. The van der Waals surface area contributed by atoms with Crippen molar-refractivity contribution in [1.29, 1.82) is 0 Å². The van der Waals surface area contributed by atoms with E-state index < -0.39 is 22.8 Å². The first kappa shape index (κ1) is 15.2. The van der Waals surface area contributed by atoms with E-state index in [4.69, 9.17) is 22.1 Å². The monoisotopic (exact) mass is 313 g/mol. The van der Waals surface area contributed by atoms with Crippen LogP contribution in [0.5, 0.6) is 0 Å². The van der Waals surface area contributed by atoms with Gasteiger partial charge in [-0.3, -0.25) is 19.7 Å². The van der Waals surface area contributed by atoms with Gasteiger partial charge in [-0.2, -0.15) is 0 Å². The molecule has 0 unspecified atom stereocenters. The minimum Gasteiger partial charge on any atom is -0.367 e. The predicted octanol–water partition coefficient (Wildman–Crippen LogP) is 0.575. The van der Waals surface area contributed by atoms with E-state index in [0.717, 1.165) is 6.07 Å². The molecule has 1 saturated heterocycles. The van der Waals surface area contributed by atoms with Crippen LogP contribution in [0.2, 0.25) is 5.02 Å². The molecular weight excluding hydrogens is 302 g/mol. The van der Waals surface area contributed by atoms with Crippen molar-refractivity contribution in [2.75, 3.05) is 19.7 Å². The molecule has 0 bridgehead atoms. The highest BCUT2D eigenvalue weighted by atomic mass is 35.5. The molecule has 1 aromatic carbocycles. The number of nitro groups is 1. The molecule has 9 heteroatoms. The van der Waals surface area contributed by atoms with Crippen LogP contribution in [-0.4, -0.2) is 47.4 Å². The standard InChI is InChI=1S/C12H12ClN3O5/c13-9-2-1-7(16(19)20)5-8(9)12(18)15-3-4-21-10(6-15)11(14)17/h1-2,5,10H,3-4,6H2,(H2,14,17)/t10-/m0/s1. The molecule has 0 aromatic heterocycles. The second-order valence-electron chi connectivity index (χ2n) is 4.43. The topological polar surface area (TPSA) is 116 Å². The lowest BCUT2D eigenvalue weighted by Gasteiger charge is -2.31. The number of carbonyl (C=O) groups excluding carboxylic acids is 2. The summed E-state index contributed by atoms with van der Waals surface area (Å²) in [5, 5.41) is 10.9. The minimum atomic E-state index is -0.889. The van der Waals surface area contributed by atoms with E-state index in [2.05, 4.69) is 0 Å². The van der Waals surface area contributed by atoms with Crippen LogP contribution in [0.15, 0.2) is 18.2 Å². The Hall–Kier alpha value is -2.19. The van der Waals surface area contributed by atoms with E-state index in [9.17, 15) is 19.7 Å². The average molecular weight is 314 g/mol. The Bertz CT molecular complexity index is 607. The molecule has 8 nitrogen and oxygen atoms in total. The Kier molecular flexibility index (Phi) is 4.39. The third-order valence-corrected chi connectivity index (χ3v) is 3.39. The first-order valence-corrected chi connectivity index (χ1v) is 6.42. The number of ether oxygens (including phenoxy) is 1. The van der Waals surface area contributed by atoms with Gasteiger partial charge >= 0.3 is 0 Å². The van der Waals surface area contributed by atoms with Gasteiger partial charge in [-0.15, -0.1) is 0 Å². The molecule has 112 valence electrons. The zero-order valence-electron chi connectivity index (χ0n) is 10.8. The number of nitrogens with two attached hydrogens (primary N) is 1. The predicted molar refractivity (Wildman–Crippen MR) is 72.9 cm³/mol. The van der Waals surface area contributed by atoms with Crippen molar-refractivity contribution in [2.45, 2.75) is 6.10 Å². The quantitative estimate of drug-likeness (QED) is 0.647. The maximum atomic E-state index is 12.4. The van der Waals surface area contributed by atoms with Crippen LogP contribution in [0.3, 0.4) is 0 Å². The van der Waals surface area contributed by atoms with Gasteiger partial charge in [0, 0.05) is 18.7 Å². The number of primary amides is 1. The second kappa shape index (κ2) is 6.06. The van der Waals surface area contributed by atoms with Gasteiger partial charge < -0.3 is 15.4 Å². The smallest absolute Gasteiger partial charge is 0.270 e. The first-order chi connectivity index (χ1) is 9.90. The van der Waals surface area contributed by atoms with Crippen LogP contribution >= 0.6 is 11.6 Å². The molecule has 1 aliphatic heterocycles. The number of carbonyl (C=O) groups is 2. The molecule has 1 heterocycles. The number of morpholine rings is 1. The lowest BCUT2D eigenvalue weighted by molar-refractivity contribution is -0.384. The molecule has 2 amide bonds. The molecule has 2 rings (SSSR count). The van der Waals surface area contributed by atoms with Crippen LogP contribution in [-0.2, 0) is 9.53 Å². The van der Waals surface area contributed by atoms with Crippen LogP contribution in [0.25, 0.3) is 0 Å². The Labute approximate surface area is 124 Å². The maximum absolute atomic E-state index is 12.4. The molecular formula is C12H12ClN3O5. The third-order valence-electron chi connectivity index (χ3n) is 3.06. The molecule has 1 aromatic rings. The first-order valence-electron chi connectivity index (χ1n) is 6.04. The van der Waals surface area contributed by atoms with E-state index in [1.54, 1.807) is 0 Å². The lowest BCUT2D eigenvalue weighted by atomic mass is 10.1. The van der Waals surface area contributed by atoms with E-state index in [1.807, 2.05) is 0 Å². The summed E-state index contributed by atoms with van der Waals surface area (Å²) < 4.78 is 5.14. The number of benzene rings is 1.